The smallest absolute Gasteiger partial charge is 0.146 e. The normalized spacial score (nSPS) is 11.3. The molecule has 23 heavy (non-hydrogen) atoms. The summed E-state index contributed by atoms with van der Waals surface area (Å²) in [6.45, 7) is 8.05. The fourth-order valence-corrected chi connectivity index (χ4v) is 2.73. The Morgan fingerprint density at radius 3 is 2.65 bits per heavy atom. The number of rotatable bonds is 4. The van der Waals surface area contributed by atoms with E-state index in [0.29, 0.717) is 22.1 Å². The van der Waals surface area contributed by atoms with Gasteiger partial charge in [0.1, 0.15) is 22.5 Å². The maximum absolute atomic E-state index is 10.6. The van der Waals surface area contributed by atoms with Crippen molar-refractivity contribution in [2.45, 2.75) is 20.3 Å². The number of fused-ring (bicyclic) bond motifs is 1. The third-order valence-corrected chi connectivity index (χ3v) is 3.85. The summed E-state index contributed by atoms with van der Waals surface area (Å²) in [5.74, 6) is 0.632. The first-order chi connectivity index (χ1) is 11.0. The minimum atomic E-state index is 0.204. The predicted octanol–water partition coefficient (Wildman–Crippen LogP) is 4.62. The molecule has 3 rings (SSSR count). The second-order valence-corrected chi connectivity index (χ2v) is 6.41. The summed E-state index contributed by atoms with van der Waals surface area (Å²) >= 11 is 6.00. The minimum absolute atomic E-state index is 0.204. The van der Waals surface area contributed by atoms with Crippen molar-refractivity contribution in [2.75, 3.05) is 0 Å². The number of benzene rings is 2. The number of hydrogen-bond acceptors (Lipinski definition) is 3. The van der Waals surface area contributed by atoms with Gasteiger partial charge in [-0.2, -0.15) is 0 Å². The van der Waals surface area contributed by atoms with E-state index < -0.39 is 0 Å². The zero-order valence-corrected chi connectivity index (χ0v) is 13.9. The number of halogens is 1. The fraction of sp³-hybridized carbons (Fsp3) is 0.222. The van der Waals surface area contributed by atoms with Gasteiger partial charge in [0.25, 0.3) is 0 Å². The Morgan fingerprint density at radius 1 is 1.22 bits per heavy atom. The van der Waals surface area contributed by atoms with Gasteiger partial charge in [-0.3, -0.25) is 0 Å². The molecule has 0 saturated heterocycles. The Kier molecular flexibility index (Phi) is 4.09. The second kappa shape index (κ2) is 6.05. The summed E-state index contributed by atoms with van der Waals surface area (Å²) in [7, 11) is 0. The monoisotopic (exact) mass is 327 g/mol. The lowest BCUT2D eigenvalue weighted by Crippen LogP contribution is -2.03. The topological polar surface area (TPSA) is 50.9 Å². The zero-order valence-electron chi connectivity index (χ0n) is 13.1. The molecule has 4 nitrogen and oxygen atoms in total. The first kappa shape index (κ1) is 15.6. The molecule has 3 aromatic rings. The molecule has 0 aliphatic carbocycles. The van der Waals surface area contributed by atoms with Crippen LogP contribution in [0.4, 0.5) is 0 Å². The van der Waals surface area contributed by atoms with E-state index in [0.717, 1.165) is 23.1 Å². The highest BCUT2D eigenvalue weighted by molar-refractivity contribution is 6.31. The molecule has 0 fully saturated rings. The van der Waals surface area contributed by atoms with Gasteiger partial charge in [0, 0.05) is 5.02 Å². The fourth-order valence-electron chi connectivity index (χ4n) is 2.56. The summed E-state index contributed by atoms with van der Waals surface area (Å²) in [5.41, 5.74) is 3.75. The zero-order chi connectivity index (χ0) is 16.6. The molecule has 5 heteroatoms. The lowest BCUT2D eigenvalue weighted by atomic mass is 9.99. The molecule has 0 saturated carbocycles. The maximum Gasteiger partial charge on any atom is 0.146 e. The van der Waals surface area contributed by atoms with Crippen LogP contribution in [0.1, 0.15) is 25.0 Å². The first-order valence-corrected chi connectivity index (χ1v) is 7.87. The van der Waals surface area contributed by atoms with Crippen LogP contribution in [0.3, 0.4) is 0 Å². The summed E-state index contributed by atoms with van der Waals surface area (Å²) in [4.78, 5) is 1.45. The van der Waals surface area contributed by atoms with E-state index in [1.165, 1.54) is 4.80 Å². The number of nitrogens with zero attached hydrogens (tertiary/aromatic N) is 3. The molecular weight excluding hydrogens is 310 g/mol. The summed E-state index contributed by atoms with van der Waals surface area (Å²) < 4.78 is 0. The molecule has 1 aromatic heterocycles. The molecule has 2 aromatic carbocycles. The largest absolute Gasteiger partial charge is 0.505 e. The maximum atomic E-state index is 10.6. The Hall–Kier alpha value is -2.33. The SMILES string of the molecule is C=Cc1cc(CC(C)C)c(O)c(-n2nc3ccc(Cl)cc3n2)c1. The van der Waals surface area contributed by atoms with E-state index in [9.17, 15) is 5.11 Å². The highest BCUT2D eigenvalue weighted by Crippen LogP contribution is 2.30. The minimum Gasteiger partial charge on any atom is -0.505 e. The van der Waals surface area contributed by atoms with Crippen molar-refractivity contribution in [3.63, 3.8) is 0 Å². The van der Waals surface area contributed by atoms with Crippen molar-refractivity contribution in [2.24, 2.45) is 5.92 Å². The standard InChI is InChI=1S/C18H18ClN3O/c1-4-12-8-13(7-11(2)3)18(23)17(9-12)22-20-15-6-5-14(19)10-16(15)21-22/h4-6,8-11,23H,1,7H2,2-3H3. The van der Waals surface area contributed by atoms with Crippen LogP contribution in [-0.4, -0.2) is 20.1 Å². The van der Waals surface area contributed by atoms with Crippen LogP contribution in [0, 0.1) is 5.92 Å². The first-order valence-electron chi connectivity index (χ1n) is 7.49. The Bertz CT molecular complexity index is 883. The number of aromatic hydroxyl groups is 1. The molecule has 0 aliphatic rings. The van der Waals surface area contributed by atoms with Gasteiger partial charge in [0.15, 0.2) is 0 Å². The molecule has 0 aliphatic heterocycles. The summed E-state index contributed by atoms with van der Waals surface area (Å²) in [6, 6.07) is 9.11. The van der Waals surface area contributed by atoms with Gasteiger partial charge in [-0.1, -0.05) is 38.1 Å². The highest BCUT2D eigenvalue weighted by atomic mass is 35.5. The van der Waals surface area contributed by atoms with Crippen LogP contribution in [0.2, 0.25) is 5.02 Å². The van der Waals surface area contributed by atoms with E-state index in [4.69, 9.17) is 11.6 Å². The summed E-state index contributed by atoms with van der Waals surface area (Å²) in [5, 5.41) is 20.1. The molecule has 0 spiro atoms. The van der Waals surface area contributed by atoms with Crippen LogP contribution >= 0.6 is 11.6 Å². The average molecular weight is 328 g/mol. The van der Waals surface area contributed by atoms with E-state index in [-0.39, 0.29) is 5.75 Å². The van der Waals surface area contributed by atoms with Crippen LogP contribution in [0.25, 0.3) is 22.8 Å². The lowest BCUT2D eigenvalue weighted by molar-refractivity contribution is 0.455. The molecule has 0 amide bonds. The van der Waals surface area contributed by atoms with Crippen LogP contribution < -0.4 is 0 Å². The molecule has 0 radical (unpaired) electrons. The van der Waals surface area contributed by atoms with Gasteiger partial charge >= 0.3 is 0 Å². The molecule has 1 heterocycles. The second-order valence-electron chi connectivity index (χ2n) is 5.97. The summed E-state index contributed by atoms with van der Waals surface area (Å²) in [6.07, 6.45) is 2.53. The number of hydrogen-bond donors (Lipinski definition) is 1. The number of aromatic nitrogens is 3. The third-order valence-electron chi connectivity index (χ3n) is 3.61. The van der Waals surface area contributed by atoms with Crippen molar-refractivity contribution in [1.82, 2.24) is 15.0 Å². The van der Waals surface area contributed by atoms with Gasteiger partial charge in [0.05, 0.1) is 0 Å². The molecule has 1 N–H and O–H groups in total. The van der Waals surface area contributed by atoms with Crippen LogP contribution in [-0.2, 0) is 6.42 Å². The van der Waals surface area contributed by atoms with Crippen molar-refractivity contribution < 1.29 is 5.11 Å². The molecule has 0 unspecified atom stereocenters. The lowest BCUT2D eigenvalue weighted by Gasteiger charge is -2.12. The van der Waals surface area contributed by atoms with Gasteiger partial charge in [-0.15, -0.1) is 15.0 Å². The number of phenolic OH excluding ortho intramolecular Hbond substituents is 1. The van der Waals surface area contributed by atoms with Crippen molar-refractivity contribution in [1.29, 1.82) is 0 Å². The molecule has 0 atom stereocenters. The third kappa shape index (κ3) is 3.08. The predicted molar refractivity (Wildman–Crippen MR) is 94.2 cm³/mol. The van der Waals surface area contributed by atoms with Crippen molar-refractivity contribution in [3.8, 4) is 11.4 Å². The van der Waals surface area contributed by atoms with Crippen LogP contribution in [0.15, 0.2) is 36.9 Å². The van der Waals surface area contributed by atoms with Gasteiger partial charge < -0.3 is 5.11 Å². The van der Waals surface area contributed by atoms with Crippen molar-refractivity contribution in [3.05, 3.63) is 53.1 Å². The molecule has 118 valence electrons. The average Bonchev–Trinajstić information content (AvgIpc) is 2.91. The molecule has 0 bridgehead atoms. The van der Waals surface area contributed by atoms with E-state index in [1.54, 1.807) is 18.2 Å². The quantitative estimate of drug-likeness (QED) is 0.760. The van der Waals surface area contributed by atoms with Gasteiger partial charge in [-0.25, -0.2) is 0 Å². The Morgan fingerprint density at radius 2 is 1.96 bits per heavy atom. The van der Waals surface area contributed by atoms with E-state index >= 15 is 0 Å². The number of phenols is 1. The van der Waals surface area contributed by atoms with Gasteiger partial charge in [0.2, 0.25) is 0 Å². The highest BCUT2D eigenvalue weighted by Gasteiger charge is 2.15. The Balaban J connectivity index is 2.18. The van der Waals surface area contributed by atoms with Gasteiger partial charge in [-0.05, 0) is 53.8 Å². The van der Waals surface area contributed by atoms with E-state index in [1.807, 2.05) is 18.2 Å². The Labute approximate surface area is 140 Å². The molecular formula is C18H18ClN3O. The van der Waals surface area contributed by atoms with Crippen LogP contribution in [0.5, 0.6) is 5.75 Å². The van der Waals surface area contributed by atoms with Crippen molar-refractivity contribution >= 4 is 28.7 Å². The van der Waals surface area contributed by atoms with E-state index in [2.05, 4.69) is 30.6 Å².